The van der Waals surface area contributed by atoms with Gasteiger partial charge >= 0.3 is 0 Å². The van der Waals surface area contributed by atoms with E-state index in [1.54, 1.807) is 28.4 Å². The number of methoxy groups -OCH3 is 3. The first-order valence-electron chi connectivity index (χ1n) is 7.66. The number of hydrogen-bond donors (Lipinski definition) is 2. The van der Waals surface area contributed by atoms with Gasteiger partial charge in [0.25, 0.3) is 0 Å². The molecule has 130 valence electrons. The van der Waals surface area contributed by atoms with Crippen molar-refractivity contribution < 1.29 is 14.2 Å². The van der Waals surface area contributed by atoms with Gasteiger partial charge in [-0.15, -0.1) is 0 Å². The fourth-order valence-corrected chi connectivity index (χ4v) is 1.98. The molecule has 0 atom stereocenters. The minimum Gasteiger partial charge on any atom is -0.497 e. The predicted octanol–water partition coefficient (Wildman–Crippen LogP) is 1.84. The summed E-state index contributed by atoms with van der Waals surface area (Å²) in [7, 11) is 6.79. The molecule has 0 spiro atoms. The van der Waals surface area contributed by atoms with E-state index in [0.717, 1.165) is 36.0 Å². The SMILES string of the molecule is CN=C(NCCc1cc(OC)ccc1OC)NCC(C)(C)OC. The van der Waals surface area contributed by atoms with Crippen LogP contribution in [0, 0.1) is 0 Å². The van der Waals surface area contributed by atoms with Crippen molar-refractivity contribution in [3.8, 4) is 11.5 Å². The fraction of sp³-hybridized carbons (Fsp3) is 0.588. The molecule has 0 saturated carbocycles. The van der Waals surface area contributed by atoms with Gasteiger partial charge in [-0.3, -0.25) is 4.99 Å². The van der Waals surface area contributed by atoms with E-state index in [0.29, 0.717) is 6.54 Å². The monoisotopic (exact) mass is 323 g/mol. The number of rotatable bonds is 8. The van der Waals surface area contributed by atoms with Crippen LogP contribution in [-0.2, 0) is 11.2 Å². The molecule has 2 N–H and O–H groups in total. The van der Waals surface area contributed by atoms with E-state index in [1.165, 1.54) is 0 Å². The van der Waals surface area contributed by atoms with Crippen LogP contribution >= 0.6 is 0 Å². The third-order valence-corrected chi connectivity index (χ3v) is 3.63. The smallest absolute Gasteiger partial charge is 0.191 e. The van der Waals surface area contributed by atoms with Crippen molar-refractivity contribution in [3.05, 3.63) is 23.8 Å². The van der Waals surface area contributed by atoms with Gasteiger partial charge in [0.15, 0.2) is 5.96 Å². The Kier molecular flexibility index (Phi) is 7.68. The summed E-state index contributed by atoms with van der Waals surface area (Å²) in [5, 5.41) is 6.55. The number of nitrogens with one attached hydrogen (secondary N) is 2. The number of hydrogen-bond acceptors (Lipinski definition) is 4. The van der Waals surface area contributed by atoms with E-state index in [4.69, 9.17) is 14.2 Å². The number of guanidine groups is 1. The topological polar surface area (TPSA) is 64.1 Å². The predicted molar refractivity (Wildman–Crippen MR) is 93.7 cm³/mol. The quantitative estimate of drug-likeness (QED) is 0.564. The molecule has 0 heterocycles. The lowest BCUT2D eigenvalue weighted by atomic mass is 10.1. The molecule has 1 rings (SSSR count). The van der Waals surface area contributed by atoms with Crippen LogP contribution in [-0.4, -0.2) is 53.0 Å². The Morgan fingerprint density at radius 2 is 1.87 bits per heavy atom. The normalized spacial score (nSPS) is 12.0. The first kappa shape index (κ1) is 19.1. The first-order chi connectivity index (χ1) is 11.0. The van der Waals surface area contributed by atoms with Gasteiger partial charge < -0.3 is 24.8 Å². The molecule has 0 fully saturated rings. The van der Waals surface area contributed by atoms with E-state index in [9.17, 15) is 0 Å². The molecule has 0 saturated heterocycles. The maximum atomic E-state index is 5.39. The molecule has 0 amide bonds. The second kappa shape index (κ2) is 9.25. The summed E-state index contributed by atoms with van der Waals surface area (Å²) < 4.78 is 16.0. The summed E-state index contributed by atoms with van der Waals surface area (Å²) in [6, 6.07) is 5.80. The van der Waals surface area contributed by atoms with Crippen LogP contribution in [0.5, 0.6) is 11.5 Å². The molecule has 0 aliphatic carbocycles. The Hall–Kier alpha value is -1.95. The highest BCUT2D eigenvalue weighted by Gasteiger charge is 2.16. The zero-order chi connectivity index (χ0) is 17.3. The lowest BCUT2D eigenvalue weighted by Gasteiger charge is -2.24. The van der Waals surface area contributed by atoms with E-state index >= 15 is 0 Å². The van der Waals surface area contributed by atoms with Crippen LogP contribution in [0.4, 0.5) is 0 Å². The van der Waals surface area contributed by atoms with Crippen molar-refractivity contribution in [1.82, 2.24) is 10.6 Å². The number of aliphatic imine (C=N–C) groups is 1. The lowest BCUT2D eigenvalue weighted by molar-refractivity contribution is 0.0268. The molecule has 0 bridgehead atoms. The van der Waals surface area contributed by atoms with Crippen molar-refractivity contribution in [1.29, 1.82) is 0 Å². The van der Waals surface area contributed by atoms with Crippen molar-refractivity contribution in [2.24, 2.45) is 4.99 Å². The maximum Gasteiger partial charge on any atom is 0.191 e. The van der Waals surface area contributed by atoms with E-state index < -0.39 is 0 Å². The highest BCUT2D eigenvalue weighted by molar-refractivity contribution is 5.79. The van der Waals surface area contributed by atoms with Gasteiger partial charge in [-0.25, -0.2) is 0 Å². The van der Waals surface area contributed by atoms with Crippen LogP contribution in [0.1, 0.15) is 19.4 Å². The summed E-state index contributed by atoms with van der Waals surface area (Å²) in [6.07, 6.45) is 0.800. The standard InChI is InChI=1S/C17H29N3O3/c1-17(2,23-6)12-20-16(18-3)19-10-9-13-11-14(21-4)7-8-15(13)22-5/h7-8,11H,9-10,12H2,1-6H3,(H2,18,19,20). The molecular formula is C17H29N3O3. The Labute approximate surface area is 139 Å². The maximum absolute atomic E-state index is 5.39. The highest BCUT2D eigenvalue weighted by atomic mass is 16.5. The van der Waals surface area contributed by atoms with Crippen molar-refractivity contribution >= 4 is 5.96 Å². The van der Waals surface area contributed by atoms with Gasteiger partial charge in [-0.05, 0) is 44.0 Å². The summed E-state index contributed by atoms with van der Waals surface area (Å²) >= 11 is 0. The van der Waals surface area contributed by atoms with E-state index in [1.807, 2.05) is 32.0 Å². The van der Waals surface area contributed by atoms with Gasteiger partial charge in [0.2, 0.25) is 0 Å². The molecule has 1 aromatic rings. The highest BCUT2D eigenvalue weighted by Crippen LogP contribution is 2.24. The third kappa shape index (κ3) is 6.36. The van der Waals surface area contributed by atoms with Crippen LogP contribution in [0.3, 0.4) is 0 Å². The lowest BCUT2D eigenvalue weighted by Crippen LogP contribution is -2.45. The number of ether oxygens (including phenoxy) is 3. The largest absolute Gasteiger partial charge is 0.497 e. The zero-order valence-corrected chi connectivity index (χ0v) is 15.0. The average molecular weight is 323 g/mol. The Bertz CT molecular complexity index is 516. The summed E-state index contributed by atoms with van der Waals surface area (Å²) in [5.41, 5.74) is 0.847. The van der Waals surface area contributed by atoms with Crippen molar-refractivity contribution in [3.63, 3.8) is 0 Å². The second-order valence-electron chi connectivity index (χ2n) is 5.74. The van der Waals surface area contributed by atoms with Gasteiger partial charge in [-0.1, -0.05) is 0 Å². The number of nitrogens with zero attached hydrogens (tertiary/aromatic N) is 1. The molecular weight excluding hydrogens is 294 g/mol. The van der Waals surface area contributed by atoms with Gasteiger partial charge in [0.1, 0.15) is 11.5 Å². The summed E-state index contributed by atoms with van der Waals surface area (Å²) in [4.78, 5) is 4.22. The Morgan fingerprint density at radius 3 is 2.43 bits per heavy atom. The second-order valence-corrected chi connectivity index (χ2v) is 5.74. The van der Waals surface area contributed by atoms with Crippen LogP contribution in [0.2, 0.25) is 0 Å². The molecule has 6 nitrogen and oxygen atoms in total. The Balaban J connectivity index is 2.55. The molecule has 0 aromatic heterocycles. The van der Waals surface area contributed by atoms with Gasteiger partial charge in [0, 0.05) is 27.2 Å². The fourth-order valence-electron chi connectivity index (χ4n) is 1.98. The first-order valence-corrected chi connectivity index (χ1v) is 7.66. The molecule has 1 aromatic carbocycles. The van der Waals surface area contributed by atoms with Gasteiger partial charge in [-0.2, -0.15) is 0 Å². The van der Waals surface area contributed by atoms with E-state index in [-0.39, 0.29) is 5.60 Å². The van der Waals surface area contributed by atoms with Crippen LogP contribution in [0.15, 0.2) is 23.2 Å². The third-order valence-electron chi connectivity index (χ3n) is 3.63. The van der Waals surface area contributed by atoms with Crippen molar-refractivity contribution in [2.45, 2.75) is 25.9 Å². The van der Waals surface area contributed by atoms with Gasteiger partial charge in [0.05, 0.1) is 19.8 Å². The molecule has 0 aliphatic rings. The minimum atomic E-state index is -0.242. The minimum absolute atomic E-state index is 0.242. The number of benzene rings is 1. The molecule has 0 radical (unpaired) electrons. The average Bonchev–Trinajstić information content (AvgIpc) is 2.57. The van der Waals surface area contributed by atoms with Crippen molar-refractivity contribution in [2.75, 3.05) is 41.5 Å². The van der Waals surface area contributed by atoms with Crippen LogP contribution in [0.25, 0.3) is 0 Å². The van der Waals surface area contributed by atoms with Crippen LogP contribution < -0.4 is 20.1 Å². The molecule has 0 unspecified atom stereocenters. The molecule has 23 heavy (non-hydrogen) atoms. The Morgan fingerprint density at radius 1 is 1.13 bits per heavy atom. The summed E-state index contributed by atoms with van der Waals surface area (Å²) in [5.74, 6) is 2.43. The molecule has 0 aliphatic heterocycles. The molecule has 6 heteroatoms. The zero-order valence-electron chi connectivity index (χ0n) is 15.0. The van der Waals surface area contributed by atoms with E-state index in [2.05, 4.69) is 15.6 Å². The summed E-state index contributed by atoms with van der Waals surface area (Å²) in [6.45, 7) is 5.45.